The van der Waals surface area contributed by atoms with E-state index in [0.717, 1.165) is 5.69 Å². The molecule has 29 heavy (non-hydrogen) atoms. The summed E-state index contributed by atoms with van der Waals surface area (Å²) >= 11 is 0. The molecule has 1 aromatic rings. The molecule has 2 saturated heterocycles. The van der Waals surface area contributed by atoms with Gasteiger partial charge in [-0.05, 0) is 24.3 Å². The molecule has 0 aromatic heterocycles. The van der Waals surface area contributed by atoms with Crippen molar-refractivity contribution in [3.05, 3.63) is 24.3 Å². The largest absolute Gasteiger partial charge is 0.444 e. The minimum Gasteiger partial charge on any atom is -0.444 e. The molecule has 1 N–H and O–H groups in total. The number of amides is 1. The van der Waals surface area contributed by atoms with Crippen molar-refractivity contribution in [2.45, 2.75) is 30.9 Å². The zero-order chi connectivity index (χ0) is 21.2. The van der Waals surface area contributed by atoms with Crippen molar-refractivity contribution in [2.24, 2.45) is 0 Å². The third-order valence-electron chi connectivity index (χ3n) is 5.38. The Labute approximate surface area is 169 Å². The second kappa shape index (κ2) is 8.42. The van der Waals surface area contributed by atoms with Crippen LogP contribution in [-0.4, -0.2) is 76.7 Å². The van der Waals surface area contributed by atoms with Crippen LogP contribution in [0, 0.1) is 0 Å². The highest BCUT2D eigenvalue weighted by Crippen LogP contribution is 2.33. The second-order valence-electron chi connectivity index (χ2n) is 7.09. The number of nitrogens with zero attached hydrogens (tertiary/aromatic N) is 2. The topological polar surface area (TPSA) is 106 Å². The molecule has 3 rings (SSSR count). The van der Waals surface area contributed by atoms with E-state index >= 15 is 0 Å². The van der Waals surface area contributed by atoms with Crippen LogP contribution in [0.3, 0.4) is 0 Å². The molecule has 1 amide bonds. The fourth-order valence-electron chi connectivity index (χ4n) is 3.66. The highest BCUT2D eigenvalue weighted by atomic mass is 32.2. The van der Waals surface area contributed by atoms with Crippen LogP contribution in [0.2, 0.25) is 0 Å². The molecule has 2 aliphatic rings. The Balaban J connectivity index is 1.63. The van der Waals surface area contributed by atoms with Gasteiger partial charge in [0.25, 0.3) is 10.1 Å². The zero-order valence-electron chi connectivity index (χ0n) is 16.3. The number of anilines is 2. The molecule has 2 aliphatic heterocycles. The number of rotatable bonds is 7. The highest BCUT2D eigenvalue weighted by molar-refractivity contribution is 7.85. The molecule has 0 spiro atoms. The maximum Gasteiger partial charge on any atom is 0.414 e. The summed E-state index contributed by atoms with van der Waals surface area (Å²) in [5, 5.41) is 0. The summed E-state index contributed by atoms with van der Waals surface area (Å²) in [6.07, 6.45) is -2.12. The van der Waals surface area contributed by atoms with Crippen molar-refractivity contribution in [1.29, 1.82) is 0 Å². The van der Waals surface area contributed by atoms with Crippen molar-refractivity contribution in [3.8, 4) is 0 Å². The minimum absolute atomic E-state index is 0.0194. The van der Waals surface area contributed by atoms with Crippen molar-refractivity contribution >= 4 is 27.6 Å². The van der Waals surface area contributed by atoms with E-state index in [4.69, 9.17) is 18.8 Å². The van der Waals surface area contributed by atoms with Crippen LogP contribution < -0.4 is 9.80 Å². The SMILES string of the molecule is COC1(OC)CCN(c2ccc(N3CC(CCS(=O)(=O)O)OC3=O)cc2)CC1F. The molecule has 0 aliphatic carbocycles. The van der Waals surface area contributed by atoms with Gasteiger partial charge >= 0.3 is 6.09 Å². The lowest BCUT2D eigenvalue weighted by Crippen LogP contribution is -2.55. The van der Waals surface area contributed by atoms with Gasteiger partial charge in [0.2, 0.25) is 5.79 Å². The molecule has 11 heteroatoms. The number of alkyl halides is 1. The summed E-state index contributed by atoms with van der Waals surface area (Å²) < 4.78 is 60.8. The van der Waals surface area contributed by atoms with Gasteiger partial charge in [0.15, 0.2) is 6.17 Å². The van der Waals surface area contributed by atoms with Crippen molar-refractivity contribution in [2.75, 3.05) is 49.4 Å². The lowest BCUT2D eigenvalue weighted by atomic mass is 10.0. The van der Waals surface area contributed by atoms with Crippen molar-refractivity contribution in [1.82, 2.24) is 0 Å². The van der Waals surface area contributed by atoms with Gasteiger partial charge in [-0.2, -0.15) is 8.42 Å². The van der Waals surface area contributed by atoms with Crippen LogP contribution >= 0.6 is 0 Å². The number of hydrogen-bond donors (Lipinski definition) is 1. The first-order chi connectivity index (χ1) is 13.7. The number of carbonyl (C=O) groups is 1. The number of halogens is 1. The van der Waals surface area contributed by atoms with Gasteiger partial charge < -0.3 is 19.1 Å². The first-order valence-electron chi connectivity index (χ1n) is 9.20. The van der Waals surface area contributed by atoms with Crippen LogP contribution in [0.25, 0.3) is 0 Å². The smallest absolute Gasteiger partial charge is 0.414 e. The second-order valence-corrected chi connectivity index (χ2v) is 8.66. The van der Waals surface area contributed by atoms with Crippen LogP contribution in [0.1, 0.15) is 12.8 Å². The molecule has 2 atom stereocenters. The van der Waals surface area contributed by atoms with Gasteiger partial charge in [-0.15, -0.1) is 0 Å². The van der Waals surface area contributed by atoms with Crippen LogP contribution in [-0.2, 0) is 24.3 Å². The Kier molecular flexibility index (Phi) is 6.32. The van der Waals surface area contributed by atoms with Crippen molar-refractivity contribution in [3.63, 3.8) is 0 Å². The van der Waals surface area contributed by atoms with E-state index in [1.807, 2.05) is 4.90 Å². The van der Waals surface area contributed by atoms with Crippen LogP contribution in [0.4, 0.5) is 20.6 Å². The molecular formula is C18H25FN2O7S. The maximum absolute atomic E-state index is 14.6. The fourth-order valence-corrected chi connectivity index (χ4v) is 4.22. The average Bonchev–Trinajstić information content (AvgIpc) is 3.07. The summed E-state index contributed by atoms with van der Waals surface area (Å²) in [6.45, 7) is 0.851. The van der Waals surface area contributed by atoms with Gasteiger partial charge in [0.05, 0.1) is 18.8 Å². The van der Waals surface area contributed by atoms with E-state index in [1.165, 1.54) is 19.1 Å². The zero-order valence-corrected chi connectivity index (χ0v) is 17.1. The lowest BCUT2D eigenvalue weighted by Gasteiger charge is -2.42. The van der Waals surface area contributed by atoms with Gasteiger partial charge in [-0.25, -0.2) is 9.18 Å². The Morgan fingerprint density at radius 3 is 2.38 bits per heavy atom. The first kappa shape index (κ1) is 21.8. The number of ether oxygens (including phenoxy) is 3. The molecule has 0 saturated carbocycles. The Morgan fingerprint density at radius 1 is 1.21 bits per heavy atom. The van der Waals surface area contributed by atoms with E-state index in [9.17, 15) is 17.6 Å². The number of carbonyl (C=O) groups excluding carboxylic acids is 1. The third kappa shape index (κ3) is 4.80. The predicted octanol–water partition coefficient (Wildman–Crippen LogP) is 1.83. The highest BCUT2D eigenvalue weighted by Gasteiger charge is 2.44. The molecule has 9 nitrogen and oxygen atoms in total. The molecule has 162 valence electrons. The number of benzene rings is 1. The number of hydrogen-bond acceptors (Lipinski definition) is 7. The Bertz CT molecular complexity index is 829. The first-order valence-corrected chi connectivity index (χ1v) is 10.8. The summed E-state index contributed by atoms with van der Waals surface area (Å²) in [7, 11) is -1.25. The van der Waals surface area contributed by atoms with Gasteiger partial charge in [-0.3, -0.25) is 9.45 Å². The quantitative estimate of drug-likeness (QED) is 0.514. The van der Waals surface area contributed by atoms with E-state index in [1.54, 1.807) is 24.3 Å². The molecule has 2 unspecified atom stereocenters. The third-order valence-corrected chi connectivity index (χ3v) is 6.13. The van der Waals surface area contributed by atoms with Gasteiger partial charge in [-0.1, -0.05) is 0 Å². The number of piperidine rings is 1. The van der Waals surface area contributed by atoms with Crippen LogP contribution in [0.5, 0.6) is 0 Å². The van der Waals surface area contributed by atoms with E-state index in [2.05, 4.69) is 0 Å². The van der Waals surface area contributed by atoms with E-state index in [-0.39, 0.29) is 19.5 Å². The Hall–Kier alpha value is -1.95. The van der Waals surface area contributed by atoms with Gasteiger partial charge in [0, 0.05) is 45.0 Å². The normalized spacial score (nSPS) is 24.6. The number of cyclic esters (lactones) is 1. The average molecular weight is 432 g/mol. The van der Waals surface area contributed by atoms with Crippen molar-refractivity contribution < 1.29 is 36.4 Å². The van der Waals surface area contributed by atoms with Crippen LogP contribution in [0.15, 0.2) is 24.3 Å². The van der Waals surface area contributed by atoms with E-state index < -0.39 is 40.0 Å². The molecule has 0 radical (unpaired) electrons. The summed E-state index contributed by atoms with van der Waals surface area (Å²) in [5.74, 6) is -1.70. The number of methoxy groups -OCH3 is 2. The Morgan fingerprint density at radius 2 is 1.83 bits per heavy atom. The monoisotopic (exact) mass is 432 g/mol. The standard InChI is InChI=1S/C18H25FN2O7S/c1-26-18(27-2)8-9-20(12-16(18)19)13-3-5-14(6-4-13)21-11-15(28-17(21)22)7-10-29(23,24)25/h3-6,15-16H,7-12H2,1-2H3,(H,23,24,25). The molecule has 2 heterocycles. The lowest BCUT2D eigenvalue weighted by molar-refractivity contribution is -0.249. The summed E-state index contributed by atoms with van der Waals surface area (Å²) in [5.41, 5.74) is 1.39. The molecular weight excluding hydrogens is 407 g/mol. The fraction of sp³-hybridized carbons (Fsp3) is 0.611. The van der Waals surface area contributed by atoms with Gasteiger partial charge in [0.1, 0.15) is 6.10 Å². The molecule has 1 aromatic carbocycles. The molecule has 0 bridgehead atoms. The minimum atomic E-state index is -4.11. The molecule has 2 fully saturated rings. The predicted molar refractivity (Wildman–Crippen MR) is 104 cm³/mol. The van der Waals surface area contributed by atoms with E-state index in [0.29, 0.717) is 18.7 Å². The summed E-state index contributed by atoms with van der Waals surface area (Å²) in [6, 6.07) is 7.02. The maximum atomic E-state index is 14.6. The summed E-state index contributed by atoms with van der Waals surface area (Å²) in [4.78, 5) is 15.4.